The molecule has 136 valence electrons. The molecule has 0 atom stereocenters. The summed E-state index contributed by atoms with van der Waals surface area (Å²) in [7, 11) is 0. The summed E-state index contributed by atoms with van der Waals surface area (Å²) in [5, 5.41) is 2.59. The zero-order valence-electron chi connectivity index (χ0n) is 14.5. The topological polar surface area (TPSA) is 98.9 Å². The normalized spacial score (nSPS) is 11.1. The quantitative estimate of drug-likeness (QED) is 0.568. The van der Waals surface area contributed by atoms with Crippen molar-refractivity contribution < 1.29 is 4.79 Å². The fourth-order valence-corrected chi connectivity index (χ4v) is 3.76. The van der Waals surface area contributed by atoms with E-state index in [0.29, 0.717) is 33.7 Å². The second-order valence-electron chi connectivity index (χ2n) is 6.06. The van der Waals surface area contributed by atoms with Gasteiger partial charge in [0.2, 0.25) is 5.56 Å². The lowest BCUT2D eigenvalue weighted by Crippen LogP contribution is -2.32. The monoisotopic (exact) mass is 380 g/mol. The average molecular weight is 380 g/mol. The molecular weight excluding hydrogens is 364 g/mol. The summed E-state index contributed by atoms with van der Waals surface area (Å²) in [6.07, 6.45) is 0. The van der Waals surface area contributed by atoms with Crippen molar-refractivity contribution in [3.8, 4) is 0 Å². The predicted octanol–water partition coefficient (Wildman–Crippen LogP) is 2.49. The molecule has 27 heavy (non-hydrogen) atoms. The molecule has 3 aromatic heterocycles. The van der Waals surface area contributed by atoms with Crippen LogP contribution >= 0.6 is 11.3 Å². The summed E-state index contributed by atoms with van der Waals surface area (Å²) < 4.78 is 0.569. The highest BCUT2D eigenvalue weighted by Crippen LogP contribution is 2.18. The third-order valence-corrected chi connectivity index (χ3v) is 5.27. The maximum Gasteiger partial charge on any atom is 0.268 e. The van der Waals surface area contributed by atoms with Crippen LogP contribution in [0.2, 0.25) is 0 Å². The zero-order chi connectivity index (χ0) is 19.0. The summed E-state index contributed by atoms with van der Waals surface area (Å²) in [4.78, 5) is 48.4. The molecule has 2 N–H and O–H groups in total. The minimum Gasteiger partial charge on any atom is -0.331 e. The first-order valence-corrected chi connectivity index (χ1v) is 9.32. The molecule has 0 aliphatic rings. The standard InChI is InChI=1S/C19H16N4O3S/c1-2-23(10-14-20-13-8-9-27-17(13)18(25)21-14)19(26)12-5-3-4-11-6-7-15(24)22-16(11)12/h3-9H,2,10H2,1H3,(H,22,24)(H,20,21,25). The number of thiophene rings is 1. The predicted molar refractivity (Wildman–Crippen MR) is 105 cm³/mol. The molecule has 0 spiro atoms. The second-order valence-corrected chi connectivity index (χ2v) is 6.98. The van der Waals surface area contributed by atoms with Gasteiger partial charge in [-0.2, -0.15) is 0 Å². The molecule has 0 saturated heterocycles. The van der Waals surface area contributed by atoms with Gasteiger partial charge >= 0.3 is 0 Å². The molecule has 0 saturated carbocycles. The van der Waals surface area contributed by atoms with E-state index in [2.05, 4.69) is 15.0 Å². The second kappa shape index (κ2) is 6.81. The van der Waals surface area contributed by atoms with Crippen molar-refractivity contribution in [1.82, 2.24) is 19.9 Å². The lowest BCUT2D eigenvalue weighted by molar-refractivity contribution is 0.0750. The molecule has 0 bridgehead atoms. The van der Waals surface area contributed by atoms with Crippen LogP contribution in [0.5, 0.6) is 0 Å². The molecule has 8 heteroatoms. The Labute approximate surface area is 157 Å². The zero-order valence-corrected chi connectivity index (χ0v) is 15.3. The van der Waals surface area contributed by atoms with Crippen LogP contribution in [0.3, 0.4) is 0 Å². The maximum atomic E-state index is 13.1. The van der Waals surface area contributed by atoms with Crippen LogP contribution in [-0.4, -0.2) is 32.3 Å². The van der Waals surface area contributed by atoms with E-state index in [1.807, 2.05) is 18.4 Å². The molecule has 0 radical (unpaired) electrons. The minimum atomic E-state index is -0.264. The number of nitrogens with one attached hydrogen (secondary N) is 2. The van der Waals surface area contributed by atoms with Crippen LogP contribution < -0.4 is 11.1 Å². The van der Waals surface area contributed by atoms with Crippen LogP contribution in [0, 0.1) is 0 Å². The van der Waals surface area contributed by atoms with Crippen molar-refractivity contribution in [1.29, 1.82) is 0 Å². The number of aromatic nitrogens is 3. The molecule has 0 fully saturated rings. The number of rotatable bonds is 4. The molecule has 0 unspecified atom stereocenters. The van der Waals surface area contributed by atoms with Gasteiger partial charge in [-0.25, -0.2) is 4.98 Å². The van der Waals surface area contributed by atoms with Crippen molar-refractivity contribution in [3.63, 3.8) is 0 Å². The van der Waals surface area contributed by atoms with Gasteiger partial charge in [0.05, 0.1) is 23.1 Å². The highest BCUT2D eigenvalue weighted by molar-refractivity contribution is 7.17. The molecule has 0 aliphatic carbocycles. The van der Waals surface area contributed by atoms with Gasteiger partial charge in [-0.05, 0) is 35.9 Å². The number of aromatic amines is 2. The number of H-pyrrole nitrogens is 2. The number of fused-ring (bicyclic) bond motifs is 2. The lowest BCUT2D eigenvalue weighted by Gasteiger charge is -2.21. The first kappa shape index (κ1) is 17.2. The smallest absolute Gasteiger partial charge is 0.268 e. The number of pyridine rings is 1. The highest BCUT2D eigenvalue weighted by atomic mass is 32.1. The Balaban J connectivity index is 1.72. The van der Waals surface area contributed by atoms with Crippen molar-refractivity contribution >= 4 is 38.4 Å². The van der Waals surface area contributed by atoms with Gasteiger partial charge in [-0.1, -0.05) is 12.1 Å². The summed E-state index contributed by atoms with van der Waals surface area (Å²) >= 11 is 1.33. The molecule has 7 nitrogen and oxygen atoms in total. The number of carbonyl (C=O) groups excluding carboxylic acids is 1. The Morgan fingerprint density at radius 2 is 2.00 bits per heavy atom. The first-order chi connectivity index (χ1) is 13.1. The van der Waals surface area contributed by atoms with Crippen LogP contribution in [0.4, 0.5) is 0 Å². The summed E-state index contributed by atoms with van der Waals surface area (Å²) in [5.41, 5.74) is 1.06. The molecular formula is C19H16N4O3S. The fourth-order valence-electron chi connectivity index (χ4n) is 3.03. The Hall–Kier alpha value is -3.26. The van der Waals surface area contributed by atoms with Gasteiger partial charge in [0.25, 0.3) is 11.5 Å². The Bertz CT molecular complexity index is 1270. The van der Waals surface area contributed by atoms with E-state index in [1.54, 1.807) is 29.2 Å². The number of hydrogen-bond donors (Lipinski definition) is 2. The maximum absolute atomic E-state index is 13.1. The van der Waals surface area contributed by atoms with E-state index in [4.69, 9.17) is 0 Å². The largest absolute Gasteiger partial charge is 0.331 e. The van der Waals surface area contributed by atoms with Gasteiger partial charge in [0, 0.05) is 12.6 Å². The number of para-hydroxylation sites is 1. The van der Waals surface area contributed by atoms with E-state index in [1.165, 1.54) is 17.4 Å². The number of nitrogens with zero attached hydrogens (tertiary/aromatic N) is 2. The van der Waals surface area contributed by atoms with Gasteiger partial charge in [-0.3, -0.25) is 14.4 Å². The molecule has 4 rings (SSSR count). The number of hydrogen-bond acceptors (Lipinski definition) is 5. The average Bonchev–Trinajstić information content (AvgIpc) is 3.14. The SMILES string of the molecule is CCN(Cc1nc2ccsc2c(=O)[nH]1)C(=O)c1cccc2ccc(=O)[nH]c12. The van der Waals surface area contributed by atoms with E-state index in [-0.39, 0.29) is 23.6 Å². The lowest BCUT2D eigenvalue weighted by atomic mass is 10.1. The van der Waals surface area contributed by atoms with Crippen LogP contribution in [0.15, 0.2) is 51.4 Å². The van der Waals surface area contributed by atoms with Crippen LogP contribution in [0.1, 0.15) is 23.1 Å². The molecule has 1 amide bonds. The van der Waals surface area contributed by atoms with Gasteiger partial charge in [-0.15, -0.1) is 11.3 Å². The third-order valence-electron chi connectivity index (χ3n) is 4.36. The van der Waals surface area contributed by atoms with E-state index < -0.39 is 0 Å². The Morgan fingerprint density at radius 3 is 2.81 bits per heavy atom. The van der Waals surface area contributed by atoms with Crippen LogP contribution in [-0.2, 0) is 6.54 Å². The van der Waals surface area contributed by atoms with Crippen LogP contribution in [0.25, 0.3) is 21.1 Å². The fraction of sp³-hybridized carbons (Fsp3) is 0.158. The van der Waals surface area contributed by atoms with Crippen molar-refractivity contribution in [2.75, 3.05) is 6.54 Å². The molecule has 1 aromatic carbocycles. The van der Waals surface area contributed by atoms with Crippen molar-refractivity contribution in [2.24, 2.45) is 0 Å². The Kier molecular flexibility index (Phi) is 4.33. The molecule has 3 heterocycles. The van der Waals surface area contributed by atoms with E-state index in [9.17, 15) is 14.4 Å². The molecule has 0 aliphatic heterocycles. The van der Waals surface area contributed by atoms with Crippen molar-refractivity contribution in [3.05, 3.63) is 73.9 Å². The highest BCUT2D eigenvalue weighted by Gasteiger charge is 2.19. The Morgan fingerprint density at radius 1 is 1.15 bits per heavy atom. The number of carbonyl (C=O) groups is 1. The third kappa shape index (κ3) is 3.15. The number of benzene rings is 1. The van der Waals surface area contributed by atoms with E-state index >= 15 is 0 Å². The summed E-state index contributed by atoms with van der Waals surface area (Å²) in [6, 6.07) is 10.2. The minimum absolute atomic E-state index is 0.170. The van der Waals surface area contributed by atoms with E-state index in [0.717, 1.165) is 5.39 Å². The first-order valence-electron chi connectivity index (χ1n) is 8.44. The van der Waals surface area contributed by atoms with Crippen molar-refractivity contribution in [2.45, 2.75) is 13.5 Å². The van der Waals surface area contributed by atoms with Gasteiger partial charge in [0.15, 0.2) is 0 Å². The number of amides is 1. The van der Waals surface area contributed by atoms with Gasteiger partial charge in [0.1, 0.15) is 10.5 Å². The summed E-state index contributed by atoms with van der Waals surface area (Å²) in [5.74, 6) is 0.188. The summed E-state index contributed by atoms with van der Waals surface area (Å²) in [6.45, 7) is 2.45. The molecule has 4 aromatic rings. The van der Waals surface area contributed by atoms with Gasteiger partial charge < -0.3 is 14.9 Å².